The molecular weight excluding hydrogens is 308 g/mol. The van der Waals surface area contributed by atoms with E-state index in [4.69, 9.17) is 17.3 Å². The van der Waals surface area contributed by atoms with E-state index in [1.807, 2.05) is 12.1 Å². The number of nitrogens with two attached hydrogens (primary N) is 1. The fourth-order valence-electron chi connectivity index (χ4n) is 4.33. The molecule has 23 heavy (non-hydrogen) atoms. The van der Waals surface area contributed by atoms with Crippen LogP contribution in [-0.4, -0.2) is 29.9 Å². The lowest BCUT2D eigenvalue weighted by atomic mass is 9.78. The van der Waals surface area contributed by atoms with Gasteiger partial charge in [-0.15, -0.1) is 0 Å². The molecule has 1 saturated carbocycles. The van der Waals surface area contributed by atoms with Crippen LogP contribution in [0.25, 0.3) is 0 Å². The van der Waals surface area contributed by atoms with Gasteiger partial charge in [-0.2, -0.15) is 0 Å². The standard InChI is InChI=1S/C19H27ClN2O/c20-18-8-6-15(7-9-18)16-10-12-22(13-11-16)19(21,14-23)17-4-2-1-3-5-17/h6-9,14,16-17H,1-5,10-13,21H2/t19-/m0/s1. The minimum Gasteiger partial charge on any atom is -0.307 e. The van der Waals surface area contributed by atoms with Crippen molar-refractivity contribution < 1.29 is 4.79 Å². The van der Waals surface area contributed by atoms with Gasteiger partial charge in [0.2, 0.25) is 0 Å². The second-order valence-corrected chi connectivity index (χ2v) is 7.59. The van der Waals surface area contributed by atoms with Crippen molar-refractivity contribution in [2.45, 2.75) is 56.5 Å². The summed E-state index contributed by atoms with van der Waals surface area (Å²) in [5, 5.41) is 0.783. The van der Waals surface area contributed by atoms with Crippen LogP contribution in [-0.2, 0) is 4.79 Å². The first-order valence-electron chi connectivity index (χ1n) is 8.89. The Morgan fingerprint density at radius 3 is 2.22 bits per heavy atom. The Hall–Kier alpha value is -0.900. The largest absolute Gasteiger partial charge is 0.307 e. The Bertz CT molecular complexity index is 519. The zero-order valence-electron chi connectivity index (χ0n) is 13.7. The molecule has 3 rings (SSSR count). The molecule has 1 aromatic carbocycles. The second kappa shape index (κ2) is 7.33. The van der Waals surface area contributed by atoms with Gasteiger partial charge in [0.1, 0.15) is 5.66 Å². The second-order valence-electron chi connectivity index (χ2n) is 7.15. The average molecular weight is 335 g/mol. The monoisotopic (exact) mass is 334 g/mol. The molecule has 0 amide bonds. The highest BCUT2D eigenvalue weighted by Crippen LogP contribution is 2.36. The van der Waals surface area contributed by atoms with Crippen molar-refractivity contribution >= 4 is 17.9 Å². The molecule has 0 spiro atoms. The topological polar surface area (TPSA) is 46.3 Å². The van der Waals surface area contributed by atoms with E-state index in [0.29, 0.717) is 11.8 Å². The number of hydrogen-bond acceptors (Lipinski definition) is 3. The third kappa shape index (κ3) is 3.62. The first-order chi connectivity index (χ1) is 11.1. The molecule has 1 aliphatic heterocycles. The van der Waals surface area contributed by atoms with Crippen molar-refractivity contribution in [2.75, 3.05) is 13.1 Å². The number of rotatable bonds is 4. The number of carbonyl (C=O) groups is 1. The summed E-state index contributed by atoms with van der Waals surface area (Å²) in [6.07, 6.45) is 9.01. The fourth-order valence-corrected chi connectivity index (χ4v) is 4.46. The van der Waals surface area contributed by atoms with E-state index in [2.05, 4.69) is 17.0 Å². The van der Waals surface area contributed by atoms with Crippen LogP contribution in [0, 0.1) is 5.92 Å². The Morgan fingerprint density at radius 2 is 1.65 bits per heavy atom. The third-order valence-electron chi connectivity index (χ3n) is 5.83. The van der Waals surface area contributed by atoms with Gasteiger partial charge in [0.05, 0.1) is 0 Å². The van der Waals surface area contributed by atoms with Gasteiger partial charge in [-0.1, -0.05) is 43.0 Å². The molecule has 0 bridgehead atoms. The highest BCUT2D eigenvalue weighted by molar-refractivity contribution is 6.30. The highest BCUT2D eigenvalue weighted by atomic mass is 35.5. The van der Waals surface area contributed by atoms with Gasteiger partial charge >= 0.3 is 0 Å². The van der Waals surface area contributed by atoms with E-state index < -0.39 is 5.66 Å². The van der Waals surface area contributed by atoms with E-state index in [9.17, 15) is 4.79 Å². The van der Waals surface area contributed by atoms with Crippen LogP contribution in [0.1, 0.15) is 56.4 Å². The molecule has 4 heteroatoms. The number of carbonyl (C=O) groups excluding carboxylic acids is 1. The molecule has 1 aliphatic carbocycles. The van der Waals surface area contributed by atoms with Crippen molar-refractivity contribution in [3.8, 4) is 0 Å². The molecule has 1 saturated heterocycles. The van der Waals surface area contributed by atoms with Crippen LogP contribution >= 0.6 is 11.6 Å². The molecule has 2 fully saturated rings. The number of nitrogens with zero attached hydrogens (tertiary/aromatic N) is 1. The summed E-state index contributed by atoms with van der Waals surface area (Å²) in [6, 6.07) is 8.17. The molecule has 3 nitrogen and oxygen atoms in total. The Balaban J connectivity index is 1.64. The van der Waals surface area contributed by atoms with Gasteiger partial charge in [0, 0.05) is 18.1 Å². The normalized spacial score (nSPS) is 24.3. The highest BCUT2D eigenvalue weighted by Gasteiger charge is 2.42. The van der Waals surface area contributed by atoms with Crippen LogP contribution < -0.4 is 5.73 Å². The molecule has 1 heterocycles. The number of likely N-dealkylation sites (tertiary alicyclic amines) is 1. The summed E-state index contributed by atoms with van der Waals surface area (Å²) in [5.74, 6) is 0.867. The van der Waals surface area contributed by atoms with Crippen molar-refractivity contribution in [2.24, 2.45) is 11.7 Å². The van der Waals surface area contributed by atoms with Crippen molar-refractivity contribution in [3.63, 3.8) is 0 Å². The summed E-state index contributed by atoms with van der Waals surface area (Å²) in [7, 11) is 0. The molecule has 1 atom stereocenters. The summed E-state index contributed by atoms with van der Waals surface area (Å²) in [6.45, 7) is 1.80. The number of benzene rings is 1. The average Bonchev–Trinajstić information content (AvgIpc) is 2.62. The predicted octanol–water partition coefficient (Wildman–Crippen LogP) is 3.95. The maximum absolute atomic E-state index is 11.8. The van der Waals surface area contributed by atoms with Crippen LogP contribution in [0.3, 0.4) is 0 Å². The summed E-state index contributed by atoms with van der Waals surface area (Å²) >= 11 is 5.97. The molecule has 0 unspecified atom stereocenters. The quantitative estimate of drug-likeness (QED) is 0.848. The van der Waals surface area contributed by atoms with Gasteiger partial charge in [-0.25, -0.2) is 0 Å². The summed E-state index contributed by atoms with van der Waals surface area (Å²) in [4.78, 5) is 14.1. The SMILES string of the molecule is N[C@](C=O)(C1CCCCC1)N1CCC(c2ccc(Cl)cc2)CC1. The van der Waals surface area contributed by atoms with E-state index >= 15 is 0 Å². The number of aldehydes is 1. The number of piperidine rings is 1. The van der Waals surface area contributed by atoms with Crippen LogP contribution in [0.4, 0.5) is 0 Å². The molecule has 0 radical (unpaired) electrons. The zero-order chi connectivity index (χ0) is 16.3. The Morgan fingerprint density at radius 1 is 1.04 bits per heavy atom. The van der Waals surface area contributed by atoms with Crippen molar-refractivity contribution in [1.82, 2.24) is 4.90 Å². The lowest BCUT2D eigenvalue weighted by Gasteiger charge is -2.46. The molecule has 2 aliphatic rings. The third-order valence-corrected chi connectivity index (χ3v) is 6.08. The zero-order valence-corrected chi connectivity index (χ0v) is 14.5. The van der Waals surface area contributed by atoms with Gasteiger partial charge in [-0.05, 0) is 55.2 Å². The lowest BCUT2D eigenvalue weighted by molar-refractivity contribution is -0.124. The first-order valence-corrected chi connectivity index (χ1v) is 9.27. The lowest BCUT2D eigenvalue weighted by Crippen LogP contribution is -2.64. The molecule has 2 N–H and O–H groups in total. The fraction of sp³-hybridized carbons (Fsp3) is 0.632. The molecular formula is C19H27ClN2O. The maximum atomic E-state index is 11.8. The van der Waals surface area contributed by atoms with Crippen LogP contribution in [0.2, 0.25) is 5.02 Å². The van der Waals surface area contributed by atoms with Crippen LogP contribution in [0.5, 0.6) is 0 Å². The molecule has 1 aromatic rings. The summed E-state index contributed by atoms with van der Waals surface area (Å²) < 4.78 is 0. The summed E-state index contributed by atoms with van der Waals surface area (Å²) in [5.41, 5.74) is 7.18. The van der Waals surface area contributed by atoms with Gasteiger partial charge in [-0.3, -0.25) is 9.69 Å². The minimum atomic E-state index is -0.759. The van der Waals surface area contributed by atoms with Gasteiger partial charge in [0.15, 0.2) is 6.29 Å². The smallest absolute Gasteiger partial charge is 0.154 e. The Labute approximate surface area is 144 Å². The van der Waals surface area contributed by atoms with E-state index in [1.165, 1.54) is 24.8 Å². The molecule has 126 valence electrons. The van der Waals surface area contributed by atoms with Gasteiger partial charge in [0.25, 0.3) is 0 Å². The van der Waals surface area contributed by atoms with Crippen molar-refractivity contribution in [3.05, 3.63) is 34.9 Å². The number of hydrogen-bond donors (Lipinski definition) is 1. The van der Waals surface area contributed by atoms with Crippen LogP contribution in [0.15, 0.2) is 24.3 Å². The van der Waals surface area contributed by atoms with E-state index in [0.717, 1.165) is 50.1 Å². The van der Waals surface area contributed by atoms with Gasteiger partial charge < -0.3 is 5.73 Å². The maximum Gasteiger partial charge on any atom is 0.154 e. The van der Waals surface area contributed by atoms with E-state index in [-0.39, 0.29) is 0 Å². The minimum absolute atomic E-state index is 0.320. The first kappa shape index (κ1) is 16.9. The molecule has 0 aromatic heterocycles. The predicted molar refractivity (Wildman–Crippen MR) is 94.6 cm³/mol. The van der Waals surface area contributed by atoms with E-state index in [1.54, 1.807) is 0 Å². The van der Waals surface area contributed by atoms with Crippen molar-refractivity contribution in [1.29, 1.82) is 0 Å². The number of halogens is 1. The Kier molecular flexibility index (Phi) is 5.40.